The zero-order valence-corrected chi connectivity index (χ0v) is 17.4. The Morgan fingerprint density at radius 2 is 2.10 bits per heavy atom. The number of anilines is 2. The van der Waals surface area contributed by atoms with Crippen LogP contribution in [0.25, 0.3) is 11.0 Å². The van der Waals surface area contributed by atoms with Crippen LogP contribution in [0.2, 0.25) is 0 Å². The molecule has 5 rings (SSSR count). The Bertz CT molecular complexity index is 1110. The van der Waals surface area contributed by atoms with Gasteiger partial charge < -0.3 is 14.5 Å². The number of urea groups is 1. The summed E-state index contributed by atoms with van der Waals surface area (Å²) in [7, 11) is 3.55. The van der Waals surface area contributed by atoms with Crippen LogP contribution in [0.3, 0.4) is 0 Å². The van der Waals surface area contributed by atoms with Crippen molar-refractivity contribution in [1.29, 1.82) is 0 Å². The minimum absolute atomic E-state index is 0.0169. The number of amides is 2. The molecule has 2 aromatic heterocycles. The zero-order chi connectivity index (χ0) is 20.8. The summed E-state index contributed by atoms with van der Waals surface area (Å²) < 4.78 is 7.12. The number of aromatic nitrogens is 3. The second kappa shape index (κ2) is 7.17. The molecule has 2 fully saturated rings. The number of rotatable bonds is 3. The minimum atomic E-state index is -0.0169. The number of pyridine rings is 1. The molecule has 1 N–H and O–H groups in total. The smallest absolute Gasteiger partial charge is 0.339 e. The van der Waals surface area contributed by atoms with Gasteiger partial charge in [-0.3, -0.25) is 4.68 Å². The van der Waals surface area contributed by atoms with Gasteiger partial charge in [-0.05, 0) is 36.8 Å². The summed E-state index contributed by atoms with van der Waals surface area (Å²) in [6.07, 6.45) is 3.69. The Labute approximate surface area is 174 Å². The molecular weight excluding hydrogens is 382 g/mol. The van der Waals surface area contributed by atoms with Crippen LogP contribution in [0.5, 0.6) is 5.75 Å². The van der Waals surface area contributed by atoms with Crippen molar-refractivity contribution in [3.63, 3.8) is 0 Å². The zero-order valence-electron chi connectivity index (χ0n) is 17.4. The summed E-state index contributed by atoms with van der Waals surface area (Å²) in [6.45, 7) is 4.87. The third kappa shape index (κ3) is 2.93. The molecule has 0 spiro atoms. The molecule has 2 aliphatic rings. The summed E-state index contributed by atoms with van der Waals surface area (Å²) in [5.41, 5.74) is 7.12. The Morgan fingerprint density at radius 1 is 1.23 bits per heavy atom. The lowest BCUT2D eigenvalue weighted by molar-refractivity contribution is 0.151. The molecule has 0 saturated carbocycles. The van der Waals surface area contributed by atoms with Crippen molar-refractivity contribution in [2.75, 3.05) is 43.2 Å². The lowest BCUT2D eigenvalue weighted by Crippen LogP contribution is -2.68. The van der Waals surface area contributed by atoms with Crippen LogP contribution < -0.4 is 20.1 Å². The molecule has 0 aliphatic carbocycles. The van der Waals surface area contributed by atoms with Gasteiger partial charge in [-0.1, -0.05) is 0 Å². The number of nitrogens with zero attached hydrogens (tertiary/aromatic N) is 6. The molecule has 0 bridgehead atoms. The van der Waals surface area contributed by atoms with Crippen LogP contribution >= 0.6 is 0 Å². The first-order chi connectivity index (χ1) is 14.6. The molecule has 2 saturated heterocycles. The Kier molecular flexibility index (Phi) is 4.47. The molecule has 30 heavy (non-hydrogen) atoms. The standard InChI is InChI=1S/C21H25N7O2/c1-14-10-15(4-5-19(14)30-3)28-21(29)27-9-8-26(13-16(27)11-24-28)18-6-7-22-20-17(18)12-23-25(20)2/h4-7,10,12,16,24H,8-9,11,13H2,1-3H3/t16-/m1/s1. The number of hydrogen-bond donors (Lipinski definition) is 1. The van der Waals surface area contributed by atoms with Crippen molar-refractivity contribution in [2.24, 2.45) is 7.05 Å². The molecule has 3 aromatic rings. The normalized spacial score (nSPS) is 19.4. The monoisotopic (exact) mass is 407 g/mol. The van der Waals surface area contributed by atoms with Gasteiger partial charge in [0.2, 0.25) is 0 Å². The summed E-state index contributed by atoms with van der Waals surface area (Å²) in [4.78, 5) is 21.9. The average molecular weight is 407 g/mol. The maximum atomic E-state index is 13.2. The van der Waals surface area contributed by atoms with E-state index < -0.39 is 0 Å². The topological polar surface area (TPSA) is 78.8 Å². The molecule has 2 aliphatic heterocycles. The summed E-state index contributed by atoms with van der Waals surface area (Å²) in [5, 5.41) is 7.03. The molecule has 0 unspecified atom stereocenters. The van der Waals surface area contributed by atoms with Crippen molar-refractivity contribution in [3.8, 4) is 5.75 Å². The number of fused-ring (bicyclic) bond motifs is 2. The Morgan fingerprint density at radius 3 is 2.90 bits per heavy atom. The van der Waals surface area contributed by atoms with Crippen molar-refractivity contribution in [2.45, 2.75) is 13.0 Å². The highest BCUT2D eigenvalue weighted by Gasteiger charge is 2.38. The molecule has 9 nitrogen and oxygen atoms in total. The molecular formula is C21H25N7O2. The van der Waals surface area contributed by atoms with Crippen LogP contribution in [0, 0.1) is 6.92 Å². The SMILES string of the molecule is COc1ccc(N2NC[C@@H]3CN(c4ccnc5c4cnn5C)CCN3C2=O)cc1C. The van der Waals surface area contributed by atoms with Gasteiger partial charge in [0.05, 0.1) is 36.1 Å². The van der Waals surface area contributed by atoms with E-state index in [0.29, 0.717) is 13.1 Å². The molecule has 1 aromatic carbocycles. The van der Waals surface area contributed by atoms with Crippen molar-refractivity contribution in [3.05, 3.63) is 42.2 Å². The fraction of sp³-hybridized carbons (Fsp3) is 0.381. The van der Waals surface area contributed by atoms with E-state index in [4.69, 9.17) is 4.74 Å². The van der Waals surface area contributed by atoms with Crippen LogP contribution in [-0.2, 0) is 7.05 Å². The van der Waals surface area contributed by atoms with Gasteiger partial charge in [-0.2, -0.15) is 5.10 Å². The van der Waals surface area contributed by atoms with Gasteiger partial charge in [0.1, 0.15) is 5.75 Å². The molecule has 0 radical (unpaired) electrons. The van der Waals surface area contributed by atoms with Gasteiger partial charge in [-0.15, -0.1) is 0 Å². The minimum Gasteiger partial charge on any atom is -0.496 e. The fourth-order valence-corrected chi connectivity index (χ4v) is 4.41. The number of methoxy groups -OCH3 is 1. The third-order valence-electron chi connectivity index (χ3n) is 5.99. The van der Waals surface area contributed by atoms with Crippen LogP contribution in [-0.4, -0.2) is 65.0 Å². The van der Waals surface area contributed by atoms with E-state index in [1.807, 2.05) is 55.5 Å². The lowest BCUT2D eigenvalue weighted by Gasteiger charge is -2.47. The first-order valence-electron chi connectivity index (χ1n) is 10.1. The average Bonchev–Trinajstić information content (AvgIpc) is 3.15. The van der Waals surface area contributed by atoms with Gasteiger partial charge in [-0.25, -0.2) is 20.2 Å². The van der Waals surface area contributed by atoms with E-state index in [9.17, 15) is 4.79 Å². The van der Waals surface area contributed by atoms with Crippen molar-refractivity contribution < 1.29 is 9.53 Å². The maximum absolute atomic E-state index is 13.2. The number of ether oxygens (including phenoxy) is 1. The van der Waals surface area contributed by atoms with Crippen molar-refractivity contribution in [1.82, 2.24) is 25.1 Å². The van der Waals surface area contributed by atoms with Crippen molar-refractivity contribution >= 4 is 28.4 Å². The second-order valence-corrected chi connectivity index (χ2v) is 7.76. The fourth-order valence-electron chi connectivity index (χ4n) is 4.41. The number of nitrogens with one attached hydrogen (secondary N) is 1. The number of aryl methyl sites for hydroxylation is 2. The van der Waals surface area contributed by atoms with E-state index >= 15 is 0 Å². The van der Waals surface area contributed by atoms with E-state index in [1.54, 1.807) is 16.8 Å². The number of benzene rings is 1. The van der Waals surface area contributed by atoms with Gasteiger partial charge in [0, 0.05) is 39.4 Å². The van der Waals surface area contributed by atoms with Crippen LogP contribution in [0.1, 0.15) is 5.56 Å². The third-order valence-corrected chi connectivity index (χ3v) is 5.99. The molecule has 9 heteroatoms. The van der Waals surface area contributed by atoms with E-state index in [-0.39, 0.29) is 12.1 Å². The van der Waals surface area contributed by atoms with Gasteiger partial charge in [0.15, 0.2) is 5.65 Å². The Balaban J connectivity index is 1.35. The predicted molar refractivity (Wildman–Crippen MR) is 115 cm³/mol. The lowest BCUT2D eigenvalue weighted by atomic mass is 10.1. The highest BCUT2D eigenvalue weighted by atomic mass is 16.5. The second-order valence-electron chi connectivity index (χ2n) is 7.76. The quantitative estimate of drug-likeness (QED) is 0.715. The number of hydrogen-bond acceptors (Lipinski definition) is 6. The van der Waals surface area contributed by atoms with Gasteiger partial charge in [0.25, 0.3) is 0 Å². The molecule has 156 valence electrons. The number of hydrazine groups is 1. The highest BCUT2D eigenvalue weighted by molar-refractivity contribution is 5.93. The Hall–Kier alpha value is -3.33. The molecule has 2 amide bonds. The summed E-state index contributed by atoms with van der Waals surface area (Å²) in [5.74, 6) is 0.814. The maximum Gasteiger partial charge on any atom is 0.339 e. The van der Waals surface area contributed by atoms with E-state index in [1.165, 1.54) is 0 Å². The predicted octanol–water partition coefficient (Wildman–Crippen LogP) is 1.92. The van der Waals surface area contributed by atoms with Crippen LogP contribution in [0.4, 0.5) is 16.2 Å². The van der Waals surface area contributed by atoms with Gasteiger partial charge >= 0.3 is 6.03 Å². The number of carbonyl (C=O) groups excluding carboxylic acids is 1. The first kappa shape index (κ1) is 18.7. The van der Waals surface area contributed by atoms with Crippen LogP contribution in [0.15, 0.2) is 36.7 Å². The number of piperazine rings is 1. The van der Waals surface area contributed by atoms with E-state index in [2.05, 4.69) is 20.4 Å². The summed E-state index contributed by atoms with van der Waals surface area (Å²) >= 11 is 0. The largest absolute Gasteiger partial charge is 0.496 e. The first-order valence-corrected chi connectivity index (χ1v) is 10.1. The highest BCUT2D eigenvalue weighted by Crippen LogP contribution is 2.30. The molecule has 4 heterocycles. The molecule has 1 atom stereocenters. The number of carbonyl (C=O) groups is 1. The van der Waals surface area contributed by atoms with E-state index in [0.717, 1.165) is 46.8 Å². The summed E-state index contributed by atoms with van der Waals surface area (Å²) in [6, 6.07) is 7.88.